The Morgan fingerprint density at radius 2 is 1.43 bits per heavy atom. The zero-order valence-electron chi connectivity index (χ0n) is 16.1. The lowest BCUT2D eigenvalue weighted by Gasteiger charge is -2.20. The van der Waals surface area contributed by atoms with Gasteiger partial charge < -0.3 is 26.2 Å². The molecule has 0 fully saturated rings. The Hall–Kier alpha value is -3.88. The van der Waals surface area contributed by atoms with Crippen molar-refractivity contribution in [2.45, 2.75) is 31.5 Å². The van der Waals surface area contributed by atoms with E-state index in [1.807, 2.05) is 6.07 Å². The van der Waals surface area contributed by atoms with Crippen LogP contribution >= 0.6 is 0 Å². The number of carboxylic acids is 1. The number of aliphatic carboxylic acids is 1. The van der Waals surface area contributed by atoms with Gasteiger partial charge >= 0.3 is 12.1 Å². The summed E-state index contributed by atoms with van der Waals surface area (Å²) in [6.07, 6.45) is -1.41. The summed E-state index contributed by atoms with van der Waals surface area (Å²) in [6.45, 7) is -0.0384. The van der Waals surface area contributed by atoms with Gasteiger partial charge in [0.15, 0.2) is 0 Å². The third-order valence-corrected chi connectivity index (χ3v) is 4.12. The maximum Gasteiger partial charge on any atom is 0.408 e. The van der Waals surface area contributed by atoms with Gasteiger partial charge in [0.25, 0.3) is 0 Å². The number of rotatable bonds is 10. The summed E-state index contributed by atoms with van der Waals surface area (Å²) in [4.78, 5) is 47.4. The zero-order chi connectivity index (χ0) is 21.9. The number of hydrogen-bond acceptors (Lipinski definition) is 5. The fourth-order valence-corrected chi connectivity index (χ4v) is 2.64. The molecule has 0 aliphatic heterocycles. The van der Waals surface area contributed by atoms with Crippen LogP contribution in [0.15, 0.2) is 60.7 Å². The predicted octanol–water partition coefficient (Wildman–Crippen LogP) is 0.969. The summed E-state index contributed by atoms with van der Waals surface area (Å²) >= 11 is 0. The molecule has 0 saturated heterocycles. The molecule has 2 aromatic carbocycles. The van der Waals surface area contributed by atoms with Crippen LogP contribution in [0.2, 0.25) is 0 Å². The summed E-state index contributed by atoms with van der Waals surface area (Å²) in [7, 11) is 0. The molecule has 0 heterocycles. The molecule has 5 N–H and O–H groups in total. The second-order valence-electron chi connectivity index (χ2n) is 6.52. The first-order chi connectivity index (χ1) is 14.3. The van der Waals surface area contributed by atoms with Crippen LogP contribution in [-0.2, 0) is 32.1 Å². The van der Waals surface area contributed by atoms with Crippen molar-refractivity contribution >= 4 is 23.9 Å². The van der Waals surface area contributed by atoms with E-state index in [0.29, 0.717) is 5.56 Å². The second-order valence-corrected chi connectivity index (χ2v) is 6.52. The van der Waals surface area contributed by atoms with Crippen LogP contribution in [-0.4, -0.2) is 41.1 Å². The van der Waals surface area contributed by atoms with E-state index in [2.05, 4.69) is 10.6 Å². The average molecular weight is 413 g/mol. The number of alkyl carbamates (subject to hydrolysis) is 1. The summed E-state index contributed by atoms with van der Waals surface area (Å²) < 4.78 is 5.04. The molecular formula is C21H23N3O6. The monoisotopic (exact) mass is 413 g/mol. The van der Waals surface area contributed by atoms with E-state index in [4.69, 9.17) is 10.5 Å². The van der Waals surface area contributed by atoms with Gasteiger partial charge in [0, 0.05) is 6.42 Å². The fourth-order valence-electron chi connectivity index (χ4n) is 2.64. The summed E-state index contributed by atoms with van der Waals surface area (Å²) in [6, 6.07) is 15.0. The van der Waals surface area contributed by atoms with E-state index in [0.717, 1.165) is 5.56 Å². The Morgan fingerprint density at radius 3 is 1.97 bits per heavy atom. The smallest absolute Gasteiger partial charge is 0.408 e. The van der Waals surface area contributed by atoms with Crippen molar-refractivity contribution in [1.82, 2.24) is 10.6 Å². The lowest BCUT2D eigenvalue weighted by Crippen LogP contribution is -2.53. The Labute approximate surface area is 173 Å². The normalized spacial score (nSPS) is 12.3. The molecular weight excluding hydrogens is 390 g/mol. The lowest BCUT2D eigenvalue weighted by molar-refractivity contribution is -0.142. The van der Waals surface area contributed by atoms with Crippen molar-refractivity contribution in [3.05, 3.63) is 71.8 Å². The number of ether oxygens (including phenoxy) is 1. The number of carboxylic acid groups (broad SMARTS) is 1. The summed E-state index contributed by atoms with van der Waals surface area (Å²) in [5, 5.41) is 14.0. The number of amides is 3. The highest BCUT2D eigenvalue weighted by molar-refractivity contribution is 5.92. The topological polar surface area (TPSA) is 148 Å². The first kappa shape index (κ1) is 22.4. The Morgan fingerprint density at radius 1 is 0.867 bits per heavy atom. The van der Waals surface area contributed by atoms with Crippen LogP contribution in [0.4, 0.5) is 4.79 Å². The van der Waals surface area contributed by atoms with E-state index in [1.54, 1.807) is 54.6 Å². The van der Waals surface area contributed by atoms with E-state index < -0.39 is 42.4 Å². The molecule has 2 rings (SSSR count). The molecule has 158 valence electrons. The van der Waals surface area contributed by atoms with Crippen molar-refractivity contribution in [3.8, 4) is 0 Å². The van der Waals surface area contributed by atoms with Crippen molar-refractivity contribution in [3.63, 3.8) is 0 Å². The molecule has 0 aliphatic rings. The Balaban J connectivity index is 1.99. The molecule has 0 radical (unpaired) electrons. The van der Waals surface area contributed by atoms with Crippen LogP contribution in [0.5, 0.6) is 0 Å². The molecule has 30 heavy (non-hydrogen) atoms. The molecule has 0 aromatic heterocycles. The van der Waals surface area contributed by atoms with E-state index in [9.17, 15) is 24.3 Å². The number of hydrogen-bond donors (Lipinski definition) is 4. The number of carbonyl (C=O) groups is 4. The maximum absolute atomic E-state index is 12.5. The van der Waals surface area contributed by atoms with Crippen molar-refractivity contribution < 1.29 is 29.0 Å². The molecule has 0 unspecified atom stereocenters. The van der Waals surface area contributed by atoms with E-state index in [1.165, 1.54) is 0 Å². The molecule has 9 heteroatoms. The predicted molar refractivity (Wildman–Crippen MR) is 107 cm³/mol. The van der Waals surface area contributed by atoms with E-state index >= 15 is 0 Å². The Kier molecular flexibility index (Phi) is 8.37. The second kappa shape index (κ2) is 11.2. The molecule has 9 nitrogen and oxygen atoms in total. The highest BCUT2D eigenvalue weighted by Crippen LogP contribution is 2.05. The van der Waals surface area contributed by atoms with E-state index in [-0.39, 0.29) is 13.0 Å². The lowest BCUT2D eigenvalue weighted by atomic mass is 10.1. The average Bonchev–Trinajstić information content (AvgIpc) is 2.72. The first-order valence-electron chi connectivity index (χ1n) is 9.17. The fraction of sp³-hybridized carbons (Fsp3) is 0.238. The highest BCUT2D eigenvalue weighted by atomic mass is 16.5. The number of primary amides is 1. The van der Waals surface area contributed by atoms with Gasteiger partial charge in [-0.25, -0.2) is 9.59 Å². The Bertz CT molecular complexity index is 873. The zero-order valence-corrected chi connectivity index (χ0v) is 16.1. The third kappa shape index (κ3) is 7.63. The van der Waals surface area contributed by atoms with Gasteiger partial charge in [-0.1, -0.05) is 60.7 Å². The maximum atomic E-state index is 12.5. The van der Waals surface area contributed by atoms with Gasteiger partial charge in [-0.05, 0) is 11.1 Å². The third-order valence-electron chi connectivity index (χ3n) is 4.12. The van der Waals surface area contributed by atoms with Crippen molar-refractivity contribution in [2.24, 2.45) is 5.73 Å². The molecule has 0 spiro atoms. The van der Waals surface area contributed by atoms with Crippen molar-refractivity contribution in [2.75, 3.05) is 0 Å². The van der Waals surface area contributed by atoms with Crippen LogP contribution < -0.4 is 16.4 Å². The minimum atomic E-state index is -1.37. The SMILES string of the molecule is NC(=O)C[C@H](NC(=O)OCc1ccccc1)C(=O)N[C@@H](Cc1ccccc1)C(=O)O. The summed E-state index contributed by atoms with van der Waals surface area (Å²) in [5.41, 5.74) is 6.59. The summed E-state index contributed by atoms with van der Waals surface area (Å²) in [5.74, 6) is -2.95. The standard InChI is InChI=1S/C21H23N3O6/c22-18(25)12-16(24-21(29)30-13-15-9-5-2-6-10-15)19(26)23-17(20(27)28)11-14-7-3-1-4-8-14/h1-10,16-17H,11-13H2,(H2,22,25)(H,23,26)(H,24,29)(H,27,28)/t16-,17-/m0/s1. The molecule has 0 bridgehead atoms. The minimum absolute atomic E-state index is 0.0314. The van der Waals surface area contributed by atoms with Crippen LogP contribution in [0.3, 0.4) is 0 Å². The number of benzene rings is 2. The van der Waals surface area contributed by atoms with Gasteiger partial charge in [0.05, 0.1) is 6.42 Å². The van der Waals surface area contributed by atoms with Gasteiger partial charge in [0.1, 0.15) is 18.7 Å². The van der Waals surface area contributed by atoms with Crippen molar-refractivity contribution in [1.29, 1.82) is 0 Å². The number of carbonyl (C=O) groups excluding carboxylic acids is 3. The molecule has 2 atom stereocenters. The van der Waals surface area contributed by atoms with Gasteiger partial charge in [0.2, 0.25) is 11.8 Å². The quantitative estimate of drug-likeness (QED) is 0.456. The van der Waals surface area contributed by atoms with Crippen LogP contribution in [0.25, 0.3) is 0 Å². The molecule has 2 aromatic rings. The van der Waals surface area contributed by atoms with Crippen LogP contribution in [0.1, 0.15) is 17.5 Å². The number of nitrogens with one attached hydrogen (secondary N) is 2. The largest absolute Gasteiger partial charge is 0.480 e. The van der Waals surface area contributed by atoms with Gasteiger partial charge in [-0.15, -0.1) is 0 Å². The molecule has 0 aliphatic carbocycles. The van der Waals surface area contributed by atoms with Crippen LogP contribution in [0, 0.1) is 0 Å². The molecule has 3 amide bonds. The number of nitrogens with two attached hydrogens (primary N) is 1. The van der Waals surface area contributed by atoms with Gasteiger partial charge in [-0.2, -0.15) is 0 Å². The minimum Gasteiger partial charge on any atom is -0.480 e. The first-order valence-corrected chi connectivity index (χ1v) is 9.17. The van der Waals surface area contributed by atoms with Gasteiger partial charge in [-0.3, -0.25) is 9.59 Å². The molecule has 0 saturated carbocycles. The highest BCUT2D eigenvalue weighted by Gasteiger charge is 2.28.